The van der Waals surface area contributed by atoms with Gasteiger partial charge in [-0.15, -0.1) is 0 Å². The molecule has 0 aliphatic rings. The molecule has 2 aromatic rings. The highest BCUT2D eigenvalue weighted by molar-refractivity contribution is 5.96. The Balaban J connectivity index is 1.92. The molecule has 25 heavy (non-hydrogen) atoms. The average Bonchev–Trinajstić information content (AvgIpc) is 3.06. The summed E-state index contributed by atoms with van der Waals surface area (Å²) >= 11 is 0. The summed E-state index contributed by atoms with van der Waals surface area (Å²) in [5.74, 6) is 0.213. The minimum atomic E-state index is -1.11. The van der Waals surface area contributed by atoms with Crippen molar-refractivity contribution in [1.82, 2.24) is 4.90 Å². The van der Waals surface area contributed by atoms with Crippen LogP contribution in [0.3, 0.4) is 0 Å². The molecule has 1 heterocycles. The molecule has 134 valence electrons. The third-order valence-corrected chi connectivity index (χ3v) is 3.67. The van der Waals surface area contributed by atoms with Crippen LogP contribution in [0.25, 0.3) is 0 Å². The molecule has 0 aliphatic heterocycles. The molecule has 0 atom stereocenters. The van der Waals surface area contributed by atoms with Crippen molar-refractivity contribution in [1.29, 1.82) is 0 Å². The lowest BCUT2D eigenvalue weighted by Gasteiger charge is -2.16. The molecule has 7 heteroatoms. The van der Waals surface area contributed by atoms with Crippen LogP contribution in [-0.4, -0.2) is 49.2 Å². The second-order valence-electron chi connectivity index (χ2n) is 5.36. The molecule has 1 N–H and O–H groups in total. The van der Waals surface area contributed by atoms with Gasteiger partial charge in [0, 0.05) is 19.5 Å². The Morgan fingerprint density at radius 1 is 1.20 bits per heavy atom. The molecule has 0 radical (unpaired) electrons. The largest absolute Gasteiger partial charge is 0.497 e. The van der Waals surface area contributed by atoms with Gasteiger partial charge in [0.25, 0.3) is 5.91 Å². The molecule has 0 spiro atoms. The Kier molecular flexibility index (Phi) is 6.05. The van der Waals surface area contributed by atoms with Crippen molar-refractivity contribution in [3.63, 3.8) is 0 Å². The lowest BCUT2D eigenvalue weighted by atomic mass is 10.2. The van der Waals surface area contributed by atoms with E-state index in [-0.39, 0.29) is 17.2 Å². The normalized spacial score (nSPS) is 10.4. The van der Waals surface area contributed by atoms with Gasteiger partial charge in [-0.1, -0.05) is 6.92 Å². The third kappa shape index (κ3) is 4.53. The monoisotopic (exact) mass is 347 g/mol. The molecule has 1 aromatic heterocycles. The van der Waals surface area contributed by atoms with Crippen LogP contribution in [0.4, 0.5) is 0 Å². The standard InChI is InChI=1S/C18H21NO6/c1-4-15-14(18(21)22)11-16(25-15)17(20)19(2)9-10-24-13-7-5-12(23-3)6-8-13/h5-8,11H,4,9-10H2,1-3H3,(H,21,22). The summed E-state index contributed by atoms with van der Waals surface area (Å²) in [6.45, 7) is 2.39. The van der Waals surface area contributed by atoms with Crippen molar-refractivity contribution < 1.29 is 28.6 Å². The number of hydrogen-bond donors (Lipinski definition) is 1. The summed E-state index contributed by atoms with van der Waals surface area (Å²) in [7, 11) is 3.19. The number of rotatable bonds is 8. The molecule has 1 amide bonds. The van der Waals surface area contributed by atoms with Crippen LogP contribution in [0, 0.1) is 0 Å². The van der Waals surface area contributed by atoms with Crippen LogP contribution < -0.4 is 9.47 Å². The van der Waals surface area contributed by atoms with Gasteiger partial charge < -0.3 is 23.9 Å². The van der Waals surface area contributed by atoms with E-state index in [9.17, 15) is 9.59 Å². The molecule has 0 bridgehead atoms. The Bertz CT molecular complexity index is 735. The first-order valence-corrected chi connectivity index (χ1v) is 7.84. The summed E-state index contributed by atoms with van der Waals surface area (Å²) in [5, 5.41) is 9.12. The summed E-state index contributed by atoms with van der Waals surface area (Å²) in [6, 6.07) is 8.39. The first kappa shape index (κ1) is 18.4. The number of carboxylic acid groups (broad SMARTS) is 1. The number of carboxylic acids is 1. The van der Waals surface area contributed by atoms with Crippen molar-refractivity contribution in [2.75, 3.05) is 27.3 Å². The van der Waals surface area contributed by atoms with Gasteiger partial charge in [0.2, 0.25) is 0 Å². The van der Waals surface area contributed by atoms with Crippen molar-refractivity contribution in [2.45, 2.75) is 13.3 Å². The fourth-order valence-corrected chi connectivity index (χ4v) is 2.24. The van der Waals surface area contributed by atoms with Crippen molar-refractivity contribution in [2.24, 2.45) is 0 Å². The first-order valence-electron chi connectivity index (χ1n) is 7.84. The second-order valence-corrected chi connectivity index (χ2v) is 5.36. The molecule has 0 unspecified atom stereocenters. The van der Waals surface area contributed by atoms with E-state index in [4.69, 9.17) is 19.0 Å². The summed E-state index contributed by atoms with van der Waals surface area (Å²) in [5.41, 5.74) is 0.0220. The number of carbonyl (C=O) groups is 2. The Labute approximate surface area is 145 Å². The van der Waals surface area contributed by atoms with Crippen LogP contribution in [0.2, 0.25) is 0 Å². The third-order valence-electron chi connectivity index (χ3n) is 3.67. The number of aromatic carboxylic acids is 1. The number of benzene rings is 1. The topological polar surface area (TPSA) is 89.2 Å². The molecular formula is C18H21NO6. The first-order chi connectivity index (χ1) is 12.0. The van der Waals surface area contributed by atoms with E-state index < -0.39 is 5.97 Å². The van der Waals surface area contributed by atoms with Gasteiger partial charge in [-0.05, 0) is 24.3 Å². The summed E-state index contributed by atoms with van der Waals surface area (Å²) in [6.07, 6.45) is 0.402. The fourth-order valence-electron chi connectivity index (χ4n) is 2.24. The molecular weight excluding hydrogens is 326 g/mol. The summed E-state index contributed by atoms with van der Waals surface area (Å²) < 4.78 is 16.0. The van der Waals surface area contributed by atoms with Gasteiger partial charge in [0.15, 0.2) is 5.76 Å². The summed E-state index contributed by atoms with van der Waals surface area (Å²) in [4.78, 5) is 24.9. The number of aryl methyl sites for hydroxylation is 1. The van der Waals surface area contributed by atoms with E-state index in [1.54, 1.807) is 45.3 Å². The lowest BCUT2D eigenvalue weighted by Crippen LogP contribution is -2.30. The van der Waals surface area contributed by atoms with Gasteiger partial charge in [0.05, 0.1) is 13.7 Å². The van der Waals surface area contributed by atoms with Crippen LogP contribution in [0.5, 0.6) is 11.5 Å². The minimum Gasteiger partial charge on any atom is -0.497 e. The van der Waals surface area contributed by atoms with Crippen LogP contribution in [-0.2, 0) is 6.42 Å². The van der Waals surface area contributed by atoms with Crippen LogP contribution in [0.1, 0.15) is 33.6 Å². The number of methoxy groups -OCH3 is 1. The highest BCUT2D eigenvalue weighted by atomic mass is 16.5. The maximum absolute atomic E-state index is 12.3. The lowest BCUT2D eigenvalue weighted by molar-refractivity contribution is 0.0692. The SMILES string of the molecule is CCc1oc(C(=O)N(C)CCOc2ccc(OC)cc2)cc1C(=O)O. The number of carbonyl (C=O) groups excluding carboxylic acids is 1. The van der Waals surface area contributed by atoms with Crippen LogP contribution >= 0.6 is 0 Å². The molecule has 1 aromatic carbocycles. The number of amides is 1. The Morgan fingerprint density at radius 3 is 2.36 bits per heavy atom. The molecule has 0 aliphatic carbocycles. The quantitative estimate of drug-likeness (QED) is 0.790. The zero-order valence-corrected chi connectivity index (χ0v) is 14.4. The fraction of sp³-hybridized carbons (Fsp3) is 0.333. The van der Waals surface area contributed by atoms with Gasteiger partial charge in [-0.25, -0.2) is 4.79 Å². The Hall–Kier alpha value is -2.96. The highest BCUT2D eigenvalue weighted by Gasteiger charge is 2.22. The number of ether oxygens (including phenoxy) is 2. The smallest absolute Gasteiger partial charge is 0.339 e. The van der Waals surface area contributed by atoms with Crippen molar-refractivity contribution in [3.8, 4) is 11.5 Å². The van der Waals surface area contributed by atoms with E-state index in [2.05, 4.69) is 0 Å². The number of hydrogen-bond acceptors (Lipinski definition) is 5. The zero-order chi connectivity index (χ0) is 18.4. The van der Waals surface area contributed by atoms with Gasteiger partial charge in [-0.2, -0.15) is 0 Å². The van der Waals surface area contributed by atoms with Gasteiger partial charge >= 0.3 is 5.97 Å². The molecule has 0 saturated heterocycles. The average molecular weight is 347 g/mol. The molecule has 7 nitrogen and oxygen atoms in total. The number of likely N-dealkylation sites (N-methyl/N-ethyl adjacent to an activating group) is 1. The van der Waals surface area contributed by atoms with E-state index >= 15 is 0 Å². The molecule has 2 rings (SSSR count). The molecule has 0 fully saturated rings. The second kappa shape index (κ2) is 8.23. The highest BCUT2D eigenvalue weighted by Crippen LogP contribution is 2.19. The van der Waals surface area contributed by atoms with E-state index in [0.29, 0.717) is 31.1 Å². The van der Waals surface area contributed by atoms with Gasteiger partial charge in [-0.3, -0.25) is 4.79 Å². The van der Waals surface area contributed by atoms with Crippen molar-refractivity contribution in [3.05, 3.63) is 47.4 Å². The van der Waals surface area contributed by atoms with Gasteiger partial charge in [0.1, 0.15) is 29.4 Å². The predicted octanol–water partition coefficient (Wildman–Crippen LogP) is 2.70. The van der Waals surface area contributed by atoms with E-state index in [0.717, 1.165) is 5.75 Å². The number of nitrogens with zero attached hydrogens (tertiary/aromatic N) is 1. The number of furan rings is 1. The van der Waals surface area contributed by atoms with Crippen LogP contribution in [0.15, 0.2) is 34.7 Å². The zero-order valence-electron chi connectivity index (χ0n) is 14.4. The Morgan fingerprint density at radius 2 is 1.84 bits per heavy atom. The van der Waals surface area contributed by atoms with E-state index in [1.165, 1.54) is 11.0 Å². The minimum absolute atomic E-state index is 0.0150. The van der Waals surface area contributed by atoms with E-state index in [1.807, 2.05) is 0 Å². The molecule has 0 saturated carbocycles. The maximum atomic E-state index is 12.3. The van der Waals surface area contributed by atoms with Crippen molar-refractivity contribution >= 4 is 11.9 Å². The maximum Gasteiger partial charge on any atom is 0.339 e. The predicted molar refractivity (Wildman–Crippen MR) is 90.5 cm³/mol.